The molecule has 0 aromatic carbocycles. The molecule has 0 saturated heterocycles. The fourth-order valence-electron chi connectivity index (χ4n) is 0. The predicted octanol–water partition coefficient (Wildman–Crippen LogP) is 5.38. The van der Waals surface area contributed by atoms with Crippen molar-refractivity contribution in [3.63, 3.8) is 0 Å². The van der Waals surface area contributed by atoms with Gasteiger partial charge in [0.15, 0.2) is 0 Å². The van der Waals surface area contributed by atoms with Crippen molar-refractivity contribution < 1.29 is 0 Å². The van der Waals surface area contributed by atoms with Gasteiger partial charge in [0.2, 0.25) is 0 Å². The number of hydrogen-bond acceptors (Lipinski definition) is 0. The maximum Gasteiger partial charge on any atom is -0.0590 e. The highest BCUT2D eigenvalue weighted by Crippen LogP contribution is 1.56. The van der Waals surface area contributed by atoms with Gasteiger partial charge in [-0.3, -0.25) is 0 Å². The van der Waals surface area contributed by atoms with Gasteiger partial charge in [-0.1, -0.05) is 70.2 Å². The van der Waals surface area contributed by atoms with Gasteiger partial charge in [-0.15, -0.1) is 0 Å². The highest BCUT2D eigenvalue weighted by molar-refractivity contribution is 3.92. The van der Waals surface area contributed by atoms with Crippen molar-refractivity contribution in [2.75, 3.05) is 0 Å². The third-order valence-electron chi connectivity index (χ3n) is 0. The molecule has 0 saturated carbocycles. The van der Waals surface area contributed by atoms with Crippen LogP contribution >= 0.6 is 0 Å². The van der Waals surface area contributed by atoms with Crippen molar-refractivity contribution in [1.82, 2.24) is 0 Å². The van der Waals surface area contributed by atoms with Crippen LogP contribution in [-0.4, -0.2) is 0 Å². The lowest BCUT2D eigenvalue weighted by molar-refractivity contribution is 1.09. The summed E-state index contributed by atoms with van der Waals surface area (Å²) in [5.74, 6) is 0. The first-order valence-corrected chi connectivity index (χ1v) is 3.41. The van der Waals surface area contributed by atoms with Gasteiger partial charge in [0, 0.05) is 0 Å². The molecular formula is C10H32. The number of rotatable bonds is 0. The van der Waals surface area contributed by atoms with Gasteiger partial charge in [0.05, 0.1) is 0 Å². The van der Waals surface area contributed by atoms with E-state index >= 15 is 0 Å². The largest absolute Gasteiger partial charge is 0.0776 e. The molecule has 0 heteroatoms. The second-order valence-electron chi connectivity index (χ2n) is 0.707. The van der Waals surface area contributed by atoms with Crippen LogP contribution in [0.4, 0.5) is 0 Å². The molecule has 0 spiro atoms. The Hall–Kier alpha value is 0. The fourth-order valence-corrected chi connectivity index (χ4v) is 0. The van der Waals surface area contributed by atoms with Crippen LogP contribution in [0.25, 0.3) is 0 Å². The van der Waals surface area contributed by atoms with Crippen LogP contribution in [0.3, 0.4) is 0 Å². The Morgan fingerprint density at radius 1 is 0.600 bits per heavy atom. The highest BCUT2D eigenvalue weighted by Gasteiger charge is 1.35. The van der Waals surface area contributed by atoms with Crippen molar-refractivity contribution >= 4 is 0 Å². The number of hydrogen-bond donors (Lipinski definition) is 0. The summed E-state index contributed by atoms with van der Waals surface area (Å²) >= 11 is 0. The first-order chi connectivity index (χ1) is 3.41. The topological polar surface area (TPSA) is 0 Å². The monoisotopic (exact) mass is 152 g/mol. The molecular weight excluding hydrogens is 120 g/mol. The molecule has 0 radical (unpaired) electrons. The van der Waals surface area contributed by atoms with Crippen LogP contribution in [0.1, 0.15) is 70.2 Å². The fraction of sp³-hybridized carbons (Fsp3) is 1.00. The van der Waals surface area contributed by atoms with E-state index < -0.39 is 0 Å². The van der Waals surface area contributed by atoms with Gasteiger partial charge < -0.3 is 0 Å². The summed E-state index contributed by atoms with van der Waals surface area (Å²) in [6.45, 7) is 12.2. The van der Waals surface area contributed by atoms with Gasteiger partial charge in [-0.05, 0) is 0 Å². The summed E-state index contributed by atoms with van der Waals surface area (Å²) in [6.07, 6.45) is 1.25. The standard InChI is InChI=1S/C3H8.2C2H6.3CH4/c1-3-2;2*1-2;;;/h3H2,1-2H3;2*1-2H3;3*1H4. The molecule has 0 nitrogen and oxygen atoms in total. The third kappa shape index (κ3) is 0. The van der Waals surface area contributed by atoms with Crippen LogP contribution in [-0.2, 0) is 0 Å². The molecule has 0 unspecified atom stereocenters. The average molecular weight is 152 g/mol. The van der Waals surface area contributed by atoms with E-state index in [1.54, 1.807) is 0 Å². The van der Waals surface area contributed by atoms with Gasteiger partial charge in [-0.25, -0.2) is 0 Å². The Balaban J connectivity index is -0.00000000536. The van der Waals surface area contributed by atoms with Crippen molar-refractivity contribution in [2.45, 2.75) is 70.2 Å². The Kier molecular flexibility index (Phi) is 2920. The minimum absolute atomic E-state index is 0. The predicted molar refractivity (Wildman–Crippen MR) is 58.9 cm³/mol. The van der Waals surface area contributed by atoms with E-state index in [4.69, 9.17) is 0 Å². The summed E-state index contributed by atoms with van der Waals surface area (Å²) in [6, 6.07) is 0. The van der Waals surface area contributed by atoms with Gasteiger partial charge in [0.1, 0.15) is 0 Å². The van der Waals surface area contributed by atoms with Gasteiger partial charge in [0.25, 0.3) is 0 Å². The second-order valence-corrected chi connectivity index (χ2v) is 0.707. The first-order valence-electron chi connectivity index (χ1n) is 3.41. The lowest BCUT2D eigenvalue weighted by Crippen LogP contribution is -1.27. The van der Waals surface area contributed by atoms with Crippen molar-refractivity contribution in [3.8, 4) is 0 Å². The van der Waals surface area contributed by atoms with Gasteiger partial charge >= 0.3 is 0 Å². The summed E-state index contributed by atoms with van der Waals surface area (Å²) in [7, 11) is 0. The Bertz CT molecular complexity index is 0. The molecule has 0 aromatic rings. The molecule has 0 fully saturated rings. The van der Waals surface area contributed by atoms with E-state index in [9.17, 15) is 0 Å². The first kappa shape index (κ1) is 50.6. The molecule has 0 rings (SSSR count). The maximum atomic E-state index is 2.12. The molecule has 10 heavy (non-hydrogen) atoms. The zero-order valence-corrected chi connectivity index (χ0v) is 6.71. The molecule has 0 N–H and O–H groups in total. The van der Waals surface area contributed by atoms with Crippen LogP contribution in [0, 0.1) is 0 Å². The quantitative estimate of drug-likeness (QED) is 0.437. The highest BCUT2D eigenvalue weighted by atomic mass is 13.4. The minimum atomic E-state index is 0. The summed E-state index contributed by atoms with van der Waals surface area (Å²) in [5.41, 5.74) is 0. The molecule has 0 bridgehead atoms. The summed E-state index contributed by atoms with van der Waals surface area (Å²) in [5, 5.41) is 0. The maximum absolute atomic E-state index is 2.12. The van der Waals surface area contributed by atoms with E-state index in [0.29, 0.717) is 0 Å². The third-order valence-corrected chi connectivity index (χ3v) is 0. The van der Waals surface area contributed by atoms with Crippen LogP contribution in [0.15, 0.2) is 0 Å². The van der Waals surface area contributed by atoms with E-state index in [1.807, 2.05) is 27.7 Å². The molecule has 0 heterocycles. The van der Waals surface area contributed by atoms with E-state index in [0.717, 1.165) is 0 Å². The molecule has 0 aliphatic heterocycles. The SMILES string of the molecule is C.C.C.CC.CC.CCC. The lowest BCUT2D eigenvalue weighted by atomic mass is 10.6. The summed E-state index contributed by atoms with van der Waals surface area (Å²) < 4.78 is 0. The average Bonchev–Trinajstić information content (AvgIpc) is 1.78. The molecule has 0 aliphatic rings. The van der Waals surface area contributed by atoms with Crippen molar-refractivity contribution in [1.29, 1.82) is 0 Å². The zero-order chi connectivity index (χ0) is 6.71. The van der Waals surface area contributed by atoms with Crippen LogP contribution < -0.4 is 0 Å². The van der Waals surface area contributed by atoms with E-state index in [2.05, 4.69) is 13.8 Å². The molecule has 0 aromatic heterocycles. The summed E-state index contributed by atoms with van der Waals surface area (Å²) in [4.78, 5) is 0. The Labute approximate surface area is 71.1 Å². The minimum Gasteiger partial charge on any atom is -0.0776 e. The smallest absolute Gasteiger partial charge is 0.0590 e. The van der Waals surface area contributed by atoms with Crippen molar-refractivity contribution in [3.05, 3.63) is 0 Å². The molecule has 0 aliphatic carbocycles. The lowest BCUT2D eigenvalue weighted by Gasteiger charge is -1.48. The van der Waals surface area contributed by atoms with E-state index in [-0.39, 0.29) is 22.3 Å². The molecule has 72 valence electrons. The normalized spacial score (nSPS) is 3.00. The Morgan fingerprint density at radius 2 is 0.600 bits per heavy atom. The van der Waals surface area contributed by atoms with Crippen LogP contribution in [0.5, 0.6) is 0 Å². The van der Waals surface area contributed by atoms with Gasteiger partial charge in [-0.2, -0.15) is 0 Å². The van der Waals surface area contributed by atoms with Crippen molar-refractivity contribution in [2.24, 2.45) is 0 Å². The van der Waals surface area contributed by atoms with Crippen LogP contribution in [0.2, 0.25) is 0 Å². The Morgan fingerprint density at radius 3 is 0.600 bits per heavy atom. The van der Waals surface area contributed by atoms with E-state index in [1.165, 1.54) is 6.42 Å². The second kappa shape index (κ2) is 576. The molecule has 0 atom stereocenters. The molecule has 0 amide bonds. The zero-order valence-electron chi connectivity index (χ0n) is 6.71.